The summed E-state index contributed by atoms with van der Waals surface area (Å²) in [5.41, 5.74) is 1.05. The molecule has 3 atom stereocenters. The van der Waals surface area contributed by atoms with Gasteiger partial charge in [-0.15, -0.1) is 0 Å². The van der Waals surface area contributed by atoms with Crippen LogP contribution in [0.2, 0.25) is 0 Å². The molecule has 192 valence electrons. The average molecular weight is 487 g/mol. The topological polar surface area (TPSA) is 100 Å². The molecule has 3 aliphatic rings. The molecule has 2 heterocycles. The van der Waals surface area contributed by atoms with Crippen LogP contribution in [0.3, 0.4) is 0 Å². The number of benzene rings is 1. The Morgan fingerprint density at radius 3 is 2.69 bits per heavy atom. The molecular weight excluding hydrogens is 448 g/mol. The fourth-order valence-electron chi connectivity index (χ4n) is 4.92. The molecule has 35 heavy (non-hydrogen) atoms. The van der Waals surface area contributed by atoms with Crippen LogP contribution in [0.5, 0.6) is 5.75 Å². The molecular formula is C26H38N4O5. The molecule has 2 aliphatic heterocycles. The fourth-order valence-corrected chi connectivity index (χ4v) is 4.92. The van der Waals surface area contributed by atoms with Gasteiger partial charge in [-0.25, -0.2) is 0 Å². The van der Waals surface area contributed by atoms with E-state index in [4.69, 9.17) is 9.47 Å². The van der Waals surface area contributed by atoms with Gasteiger partial charge in [0.15, 0.2) is 0 Å². The summed E-state index contributed by atoms with van der Waals surface area (Å²) in [6.45, 7) is 1.87. The van der Waals surface area contributed by atoms with Crippen molar-refractivity contribution in [2.45, 2.75) is 63.2 Å². The Bertz CT molecular complexity index is 932. The molecule has 0 spiro atoms. The van der Waals surface area contributed by atoms with Crippen LogP contribution in [0.15, 0.2) is 18.2 Å². The normalized spacial score (nSPS) is 24.4. The highest BCUT2D eigenvalue weighted by molar-refractivity contribution is 6.00. The lowest BCUT2D eigenvalue weighted by Gasteiger charge is -2.42. The van der Waals surface area contributed by atoms with Gasteiger partial charge in [0.05, 0.1) is 24.1 Å². The first-order chi connectivity index (χ1) is 16.8. The molecule has 0 bridgehead atoms. The number of hydrogen-bond acceptors (Lipinski definition) is 6. The van der Waals surface area contributed by atoms with E-state index in [1.807, 2.05) is 14.1 Å². The number of rotatable bonds is 8. The maximum Gasteiger partial charge on any atom is 0.257 e. The Morgan fingerprint density at radius 2 is 1.97 bits per heavy atom. The van der Waals surface area contributed by atoms with Gasteiger partial charge >= 0.3 is 0 Å². The number of anilines is 1. The van der Waals surface area contributed by atoms with Crippen molar-refractivity contribution in [2.24, 2.45) is 5.92 Å². The van der Waals surface area contributed by atoms with Crippen molar-refractivity contribution in [1.82, 2.24) is 15.1 Å². The fraction of sp³-hybridized carbons (Fsp3) is 0.654. The number of fused-ring (bicyclic) bond motifs is 2. The van der Waals surface area contributed by atoms with Crippen LogP contribution in [0.25, 0.3) is 0 Å². The van der Waals surface area contributed by atoms with E-state index >= 15 is 0 Å². The molecule has 0 aromatic heterocycles. The lowest BCUT2D eigenvalue weighted by molar-refractivity contribution is -0.134. The summed E-state index contributed by atoms with van der Waals surface area (Å²) in [4.78, 5) is 41.9. The third kappa shape index (κ3) is 6.32. The van der Waals surface area contributed by atoms with Gasteiger partial charge in [0.2, 0.25) is 11.8 Å². The van der Waals surface area contributed by atoms with E-state index in [0.717, 1.165) is 38.6 Å². The number of hydrogen-bond donors (Lipinski definition) is 2. The molecule has 9 heteroatoms. The SMILES string of the molecule is CN(C)CCCNC(=O)C[C@@H]1CC[C@@H]2[C@H](COc3ccc(NC(=O)C4CCC4)cc3C(=O)N2C)O1. The van der Waals surface area contributed by atoms with Crippen molar-refractivity contribution < 1.29 is 23.9 Å². The van der Waals surface area contributed by atoms with Crippen molar-refractivity contribution in [3.8, 4) is 5.75 Å². The molecule has 9 nitrogen and oxygen atoms in total. The summed E-state index contributed by atoms with van der Waals surface area (Å²) in [5.74, 6) is 0.392. The van der Waals surface area contributed by atoms with Crippen LogP contribution < -0.4 is 15.4 Å². The number of nitrogens with one attached hydrogen (secondary N) is 2. The van der Waals surface area contributed by atoms with Crippen LogP contribution >= 0.6 is 0 Å². The van der Waals surface area contributed by atoms with Crippen molar-refractivity contribution in [3.63, 3.8) is 0 Å². The number of carbonyl (C=O) groups excluding carboxylic acids is 3. The van der Waals surface area contributed by atoms with Crippen molar-refractivity contribution in [2.75, 3.05) is 46.2 Å². The maximum atomic E-state index is 13.3. The van der Waals surface area contributed by atoms with Crippen molar-refractivity contribution >= 4 is 23.4 Å². The number of carbonyl (C=O) groups is 3. The standard InChI is InChI=1S/C26H38N4O5/c1-29(2)13-5-12-27-24(31)15-19-9-10-21-23(35-19)16-34-22-11-8-18(14-20(22)26(33)30(21)3)28-25(32)17-6-4-7-17/h8,11,14,17,19,21,23H,4-7,9-10,12-13,15-16H2,1-3H3,(H,27,31)(H,28,32)/t19-,21+,23-/m0/s1. The molecule has 2 N–H and O–H groups in total. The highest BCUT2D eigenvalue weighted by atomic mass is 16.5. The molecule has 1 aliphatic carbocycles. The number of nitrogens with zero attached hydrogens (tertiary/aromatic N) is 2. The molecule has 3 amide bonds. The Kier molecular flexibility index (Phi) is 8.28. The van der Waals surface area contributed by atoms with Crippen LogP contribution in [0.1, 0.15) is 55.3 Å². The minimum Gasteiger partial charge on any atom is -0.490 e. The van der Waals surface area contributed by atoms with E-state index in [1.54, 1.807) is 30.1 Å². The summed E-state index contributed by atoms with van der Waals surface area (Å²) < 4.78 is 12.3. The van der Waals surface area contributed by atoms with Gasteiger partial charge in [-0.1, -0.05) is 6.42 Å². The Labute approximate surface area is 207 Å². The molecule has 2 fully saturated rings. The summed E-state index contributed by atoms with van der Waals surface area (Å²) in [6.07, 6.45) is 5.08. The minimum absolute atomic E-state index is 0.00905. The Hall–Kier alpha value is -2.65. The van der Waals surface area contributed by atoms with Gasteiger partial charge < -0.3 is 29.9 Å². The smallest absolute Gasteiger partial charge is 0.257 e. The van der Waals surface area contributed by atoms with Crippen molar-refractivity contribution in [1.29, 1.82) is 0 Å². The minimum atomic E-state index is -0.310. The van der Waals surface area contributed by atoms with Crippen molar-refractivity contribution in [3.05, 3.63) is 23.8 Å². The molecule has 4 rings (SSSR count). The zero-order valence-corrected chi connectivity index (χ0v) is 21.0. The van der Waals surface area contributed by atoms with Gasteiger partial charge in [-0.3, -0.25) is 14.4 Å². The highest BCUT2D eigenvalue weighted by Gasteiger charge is 2.39. The third-order valence-corrected chi connectivity index (χ3v) is 7.27. The van der Waals surface area contributed by atoms with E-state index in [2.05, 4.69) is 15.5 Å². The average Bonchev–Trinajstić information content (AvgIpc) is 2.78. The quantitative estimate of drug-likeness (QED) is 0.547. The second-order valence-electron chi connectivity index (χ2n) is 10.2. The van der Waals surface area contributed by atoms with E-state index in [-0.39, 0.29) is 41.9 Å². The molecule has 1 aromatic carbocycles. The molecule has 1 saturated heterocycles. The van der Waals surface area contributed by atoms with E-state index in [1.165, 1.54) is 0 Å². The summed E-state index contributed by atoms with van der Waals surface area (Å²) >= 11 is 0. The van der Waals surface area contributed by atoms with E-state index in [0.29, 0.717) is 43.0 Å². The zero-order valence-electron chi connectivity index (χ0n) is 21.0. The Morgan fingerprint density at radius 1 is 1.17 bits per heavy atom. The number of likely N-dealkylation sites (N-methyl/N-ethyl adjacent to an activating group) is 1. The first-order valence-electron chi connectivity index (χ1n) is 12.7. The first kappa shape index (κ1) is 25.4. The van der Waals surface area contributed by atoms with Crippen LogP contribution in [-0.2, 0) is 14.3 Å². The first-order valence-corrected chi connectivity index (χ1v) is 12.7. The predicted molar refractivity (Wildman–Crippen MR) is 132 cm³/mol. The predicted octanol–water partition coefficient (Wildman–Crippen LogP) is 2.26. The van der Waals surface area contributed by atoms with Gasteiger partial charge in [-0.05, 0) is 70.9 Å². The van der Waals surface area contributed by atoms with E-state index < -0.39 is 0 Å². The van der Waals surface area contributed by atoms with Crippen LogP contribution in [0, 0.1) is 5.92 Å². The van der Waals surface area contributed by atoms with Crippen LogP contribution in [0.4, 0.5) is 5.69 Å². The zero-order chi connectivity index (χ0) is 24.9. The summed E-state index contributed by atoms with van der Waals surface area (Å²) in [7, 11) is 5.81. The Balaban J connectivity index is 1.36. The van der Waals surface area contributed by atoms with Crippen LogP contribution in [-0.4, -0.2) is 86.6 Å². The molecule has 0 radical (unpaired) electrons. The summed E-state index contributed by atoms with van der Waals surface area (Å²) in [6, 6.07) is 5.08. The monoisotopic (exact) mass is 486 g/mol. The molecule has 1 aromatic rings. The van der Waals surface area contributed by atoms with E-state index in [9.17, 15) is 14.4 Å². The number of amides is 3. The second-order valence-corrected chi connectivity index (χ2v) is 10.2. The van der Waals surface area contributed by atoms with Gasteiger partial charge in [0.1, 0.15) is 18.5 Å². The summed E-state index contributed by atoms with van der Waals surface area (Å²) in [5, 5.41) is 5.91. The lowest BCUT2D eigenvalue weighted by Crippen LogP contribution is -2.54. The van der Waals surface area contributed by atoms with Gasteiger partial charge in [0.25, 0.3) is 5.91 Å². The number of ether oxygens (including phenoxy) is 2. The highest BCUT2D eigenvalue weighted by Crippen LogP contribution is 2.33. The second kappa shape index (κ2) is 11.4. The molecule has 1 saturated carbocycles. The van der Waals surface area contributed by atoms with Gasteiger partial charge in [0, 0.05) is 25.2 Å². The third-order valence-electron chi connectivity index (χ3n) is 7.27. The maximum absolute atomic E-state index is 13.3. The largest absolute Gasteiger partial charge is 0.490 e. The lowest BCUT2D eigenvalue weighted by atomic mass is 9.85. The van der Waals surface area contributed by atoms with Gasteiger partial charge in [-0.2, -0.15) is 0 Å². The molecule has 0 unspecified atom stereocenters.